The molecule has 2 unspecified atom stereocenters. The summed E-state index contributed by atoms with van der Waals surface area (Å²) in [5.74, 6) is -0.468. The van der Waals surface area contributed by atoms with Gasteiger partial charge in [0.25, 0.3) is 5.91 Å². The van der Waals surface area contributed by atoms with Crippen LogP contribution in [0.25, 0.3) is 0 Å². The Bertz CT molecular complexity index is 693. The van der Waals surface area contributed by atoms with E-state index in [1.165, 1.54) is 11.3 Å². The molecule has 0 saturated heterocycles. The molecule has 0 aliphatic heterocycles. The summed E-state index contributed by atoms with van der Waals surface area (Å²) in [7, 11) is 0. The maximum absolute atomic E-state index is 12.6. The van der Waals surface area contributed by atoms with Crippen molar-refractivity contribution < 1.29 is 9.59 Å². The van der Waals surface area contributed by atoms with Crippen molar-refractivity contribution in [2.45, 2.75) is 40.2 Å². The average Bonchev–Trinajstić information content (AvgIpc) is 2.89. The Labute approximate surface area is 146 Å². The number of thiazole rings is 1. The molecule has 0 bridgehead atoms. The first-order valence-electron chi connectivity index (χ1n) is 8.03. The monoisotopic (exact) mass is 345 g/mol. The van der Waals surface area contributed by atoms with Gasteiger partial charge in [0.2, 0.25) is 5.91 Å². The number of hydrogen-bond donors (Lipinski definition) is 2. The topological polar surface area (TPSA) is 71.1 Å². The molecule has 128 valence electrons. The lowest BCUT2D eigenvalue weighted by atomic mass is 9.98. The van der Waals surface area contributed by atoms with Gasteiger partial charge >= 0.3 is 0 Å². The second-order valence-corrected chi connectivity index (χ2v) is 7.06. The van der Waals surface area contributed by atoms with Crippen molar-refractivity contribution in [3.05, 3.63) is 46.5 Å². The van der Waals surface area contributed by atoms with Gasteiger partial charge in [-0.3, -0.25) is 9.59 Å². The van der Waals surface area contributed by atoms with Gasteiger partial charge in [0.15, 0.2) is 5.13 Å². The van der Waals surface area contributed by atoms with E-state index in [4.69, 9.17) is 0 Å². The molecule has 2 atom stereocenters. The molecule has 2 N–H and O–H groups in total. The lowest BCUT2D eigenvalue weighted by Gasteiger charge is -2.23. The lowest BCUT2D eigenvalue weighted by molar-refractivity contribution is -0.119. The van der Waals surface area contributed by atoms with E-state index in [2.05, 4.69) is 15.6 Å². The Kier molecular flexibility index (Phi) is 6.09. The third-order valence-electron chi connectivity index (χ3n) is 4.08. The molecule has 6 heteroatoms. The molecule has 1 aromatic heterocycles. The summed E-state index contributed by atoms with van der Waals surface area (Å²) < 4.78 is 0. The number of carbonyl (C=O) groups is 2. The first-order valence-corrected chi connectivity index (χ1v) is 8.84. The molecule has 24 heavy (non-hydrogen) atoms. The summed E-state index contributed by atoms with van der Waals surface area (Å²) in [4.78, 5) is 30.4. The second kappa shape index (κ2) is 8.06. The molecule has 0 radical (unpaired) electrons. The molecule has 1 aromatic carbocycles. The van der Waals surface area contributed by atoms with Crippen molar-refractivity contribution >= 4 is 28.3 Å². The largest absolute Gasteiger partial charge is 0.340 e. The molecular formula is C18H23N3O2S. The lowest BCUT2D eigenvalue weighted by Crippen LogP contribution is -2.47. The van der Waals surface area contributed by atoms with E-state index >= 15 is 0 Å². The fraction of sp³-hybridized carbons (Fsp3) is 0.389. The molecule has 2 rings (SSSR count). The van der Waals surface area contributed by atoms with Crippen molar-refractivity contribution in [2.24, 2.45) is 5.92 Å². The molecule has 5 nitrogen and oxygen atoms in total. The average molecular weight is 345 g/mol. The smallest absolute Gasteiger partial charge is 0.251 e. The van der Waals surface area contributed by atoms with Gasteiger partial charge in [-0.2, -0.15) is 0 Å². The van der Waals surface area contributed by atoms with E-state index in [0.29, 0.717) is 10.7 Å². The van der Waals surface area contributed by atoms with Gasteiger partial charge in [-0.25, -0.2) is 4.98 Å². The van der Waals surface area contributed by atoms with Gasteiger partial charge in [0.05, 0.1) is 5.69 Å². The Hall–Kier alpha value is -2.21. The number of aryl methyl sites for hydroxylation is 2. The normalized spacial score (nSPS) is 13.2. The van der Waals surface area contributed by atoms with Crippen LogP contribution in [-0.2, 0) is 4.79 Å². The highest BCUT2D eigenvalue weighted by atomic mass is 32.1. The van der Waals surface area contributed by atoms with Gasteiger partial charge in [0, 0.05) is 10.4 Å². The third kappa shape index (κ3) is 4.41. The van der Waals surface area contributed by atoms with Crippen LogP contribution in [0.15, 0.2) is 30.3 Å². The van der Waals surface area contributed by atoms with Gasteiger partial charge in [-0.1, -0.05) is 38.5 Å². The Morgan fingerprint density at radius 2 is 1.88 bits per heavy atom. The van der Waals surface area contributed by atoms with Crippen molar-refractivity contribution in [2.75, 3.05) is 5.32 Å². The second-order valence-electron chi connectivity index (χ2n) is 5.85. The quantitative estimate of drug-likeness (QED) is 0.841. The minimum absolute atomic E-state index is 0.0137. The van der Waals surface area contributed by atoms with E-state index in [-0.39, 0.29) is 17.7 Å². The van der Waals surface area contributed by atoms with E-state index in [1.54, 1.807) is 24.3 Å². The molecule has 0 spiro atoms. The van der Waals surface area contributed by atoms with E-state index in [0.717, 1.165) is 17.0 Å². The predicted molar refractivity (Wildman–Crippen MR) is 97.4 cm³/mol. The molecule has 1 heterocycles. The zero-order valence-corrected chi connectivity index (χ0v) is 15.2. The van der Waals surface area contributed by atoms with Crippen LogP contribution in [0, 0.1) is 19.8 Å². The van der Waals surface area contributed by atoms with Crippen LogP contribution in [0.3, 0.4) is 0 Å². The van der Waals surface area contributed by atoms with Crippen LogP contribution in [0.5, 0.6) is 0 Å². The minimum atomic E-state index is -0.604. The molecule has 2 aromatic rings. The fourth-order valence-corrected chi connectivity index (χ4v) is 3.04. The van der Waals surface area contributed by atoms with Gasteiger partial charge in [-0.15, -0.1) is 11.3 Å². The van der Waals surface area contributed by atoms with Crippen LogP contribution < -0.4 is 10.6 Å². The standard InChI is InChI=1S/C18H23N3O2S/c1-5-11(2)15(20-16(22)14-9-7-6-8-10-14)17(23)21-18-19-12(3)13(4)24-18/h6-11,15H,5H2,1-4H3,(H,20,22)(H,19,21,23). The summed E-state index contributed by atoms with van der Waals surface area (Å²) in [5.41, 5.74) is 1.45. The van der Waals surface area contributed by atoms with E-state index in [1.807, 2.05) is 33.8 Å². The number of benzene rings is 1. The van der Waals surface area contributed by atoms with Crippen molar-refractivity contribution in [1.82, 2.24) is 10.3 Å². The minimum Gasteiger partial charge on any atom is -0.340 e. The van der Waals surface area contributed by atoms with Crippen LogP contribution in [0.4, 0.5) is 5.13 Å². The molecule has 2 amide bonds. The van der Waals surface area contributed by atoms with E-state index < -0.39 is 6.04 Å². The van der Waals surface area contributed by atoms with E-state index in [9.17, 15) is 9.59 Å². The number of aromatic nitrogens is 1. The highest BCUT2D eigenvalue weighted by Crippen LogP contribution is 2.22. The SMILES string of the molecule is CCC(C)C(NC(=O)c1ccccc1)C(=O)Nc1nc(C)c(C)s1. The van der Waals surface area contributed by atoms with Gasteiger partial charge < -0.3 is 10.6 Å². The summed E-state index contributed by atoms with van der Waals surface area (Å²) in [5, 5.41) is 6.25. The number of nitrogens with one attached hydrogen (secondary N) is 2. The summed E-state index contributed by atoms with van der Waals surface area (Å²) in [6, 6.07) is 8.31. The maximum atomic E-state index is 12.6. The predicted octanol–water partition coefficient (Wildman–Crippen LogP) is 3.54. The highest BCUT2D eigenvalue weighted by Gasteiger charge is 2.27. The number of hydrogen-bond acceptors (Lipinski definition) is 4. The molecule has 0 saturated carbocycles. The first kappa shape index (κ1) is 18.1. The molecular weight excluding hydrogens is 322 g/mol. The third-order valence-corrected chi connectivity index (χ3v) is 5.06. The maximum Gasteiger partial charge on any atom is 0.251 e. The zero-order chi connectivity index (χ0) is 17.7. The van der Waals surface area contributed by atoms with Crippen molar-refractivity contribution in [1.29, 1.82) is 0 Å². The molecule has 0 aliphatic rings. The van der Waals surface area contributed by atoms with Crippen LogP contribution in [0.2, 0.25) is 0 Å². The summed E-state index contributed by atoms with van der Waals surface area (Å²) >= 11 is 1.44. The summed E-state index contributed by atoms with van der Waals surface area (Å²) in [6.45, 7) is 7.82. The number of amides is 2. The summed E-state index contributed by atoms with van der Waals surface area (Å²) in [6.07, 6.45) is 0.781. The van der Waals surface area contributed by atoms with Crippen LogP contribution in [0.1, 0.15) is 41.2 Å². The van der Waals surface area contributed by atoms with Crippen molar-refractivity contribution in [3.63, 3.8) is 0 Å². The Morgan fingerprint density at radius 1 is 1.21 bits per heavy atom. The van der Waals surface area contributed by atoms with Crippen LogP contribution >= 0.6 is 11.3 Å². The van der Waals surface area contributed by atoms with Crippen molar-refractivity contribution in [3.8, 4) is 0 Å². The van der Waals surface area contributed by atoms with Gasteiger partial charge in [-0.05, 0) is 31.9 Å². The molecule has 0 fully saturated rings. The zero-order valence-electron chi connectivity index (χ0n) is 14.4. The number of rotatable bonds is 6. The molecule has 0 aliphatic carbocycles. The number of carbonyl (C=O) groups excluding carboxylic acids is 2. The van der Waals surface area contributed by atoms with Crippen LogP contribution in [-0.4, -0.2) is 22.8 Å². The fourth-order valence-electron chi connectivity index (χ4n) is 2.23. The van der Waals surface area contributed by atoms with Gasteiger partial charge in [0.1, 0.15) is 6.04 Å². The Balaban J connectivity index is 2.12. The first-order chi connectivity index (χ1) is 11.4. The number of nitrogens with zero attached hydrogens (tertiary/aromatic N) is 1. The Morgan fingerprint density at radius 3 is 2.42 bits per heavy atom. The highest BCUT2D eigenvalue weighted by molar-refractivity contribution is 7.15. The number of anilines is 1.